The second kappa shape index (κ2) is 5.65. The van der Waals surface area contributed by atoms with E-state index in [2.05, 4.69) is 10.3 Å². The third-order valence-electron chi connectivity index (χ3n) is 4.07. The van der Waals surface area contributed by atoms with Crippen molar-refractivity contribution in [3.8, 4) is 0 Å². The molecule has 3 rings (SSSR count). The van der Waals surface area contributed by atoms with Crippen molar-refractivity contribution >= 4 is 22.1 Å². The average molecular weight is 287 g/mol. The van der Waals surface area contributed by atoms with Crippen LogP contribution in [0.2, 0.25) is 0 Å². The number of hydrogen-bond donors (Lipinski definition) is 1. The van der Waals surface area contributed by atoms with Crippen LogP contribution in [0.15, 0.2) is 30.6 Å². The molecule has 6 nitrogen and oxygen atoms in total. The summed E-state index contributed by atoms with van der Waals surface area (Å²) in [7, 11) is 1.74. The van der Waals surface area contributed by atoms with Gasteiger partial charge < -0.3 is 10.1 Å². The Kier molecular flexibility index (Phi) is 3.70. The van der Waals surface area contributed by atoms with Crippen LogP contribution in [-0.4, -0.2) is 29.2 Å². The first-order valence-electron chi connectivity index (χ1n) is 6.99. The summed E-state index contributed by atoms with van der Waals surface area (Å²) in [6, 6.07) is 5.47. The minimum atomic E-state index is -0.371. The molecule has 1 fully saturated rings. The molecule has 1 saturated carbocycles. The van der Waals surface area contributed by atoms with Crippen molar-refractivity contribution in [2.24, 2.45) is 0 Å². The topological polar surface area (TPSA) is 77.3 Å². The fourth-order valence-corrected chi connectivity index (χ4v) is 2.97. The second-order valence-electron chi connectivity index (χ2n) is 5.32. The summed E-state index contributed by atoms with van der Waals surface area (Å²) in [5.41, 5.74) is 1.00. The summed E-state index contributed by atoms with van der Waals surface area (Å²) in [5.74, 6) is 0. The van der Waals surface area contributed by atoms with E-state index in [1.165, 1.54) is 6.07 Å². The number of non-ortho nitro benzene ring substituents is 1. The van der Waals surface area contributed by atoms with Crippen LogP contribution in [-0.2, 0) is 4.74 Å². The standard InChI is InChI=1S/C15H17N3O3/c1-21-11-3-2-10(8-11)17-14-4-5-15(18(19)20)13-9-16-7-6-12(13)14/h4-7,9-11,17H,2-3,8H2,1H3. The lowest BCUT2D eigenvalue weighted by atomic mass is 10.1. The predicted molar refractivity (Wildman–Crippen MR) is 80.5 cm³/mol. The van der Waals surface area contributed by atoms with E-state index in [4.69, 9.17) is 4.74 Å². The number of hydrogen-bond acceptors (Lipinski definition) is 5. The first kappa shape index (κ1) is 13.8. The maximum Gasteiger partial charge on any atom is 0.278 e. The molecular weight excluding hydrogens is 270 g/mol. The van der Waals surface area contributed by atoms with E-state index in [0.717, 1.165) is 30.3 Å². The number of methoxy groups -OCH3 is 1. The first-order chi connectivity index (χ1) is 10.2. The third-order valence-corrected chi connectivity index (χ3v) is 4.07. The largest absolute Gasteiger partial charge is 0.382 e. The maximum absolute atomic E-state index is 11.1. The van der Waals surface area contributed by atoms with Gasteiger partial charge in [0.15, 0.2) is 0 Å². The van der Waals surface area contributed by atoms with Crippen molar-refractivity contribution in [1.29, 1.82) is 0 Å². The SMILES string of the molecule is COC1CCC(Nc2ccc([N+](=O)[O-])c3cnccc23)C1. The fraction of sp³-hybridized carbons (Fsp3) is 0.400. The monoisotopic (exact) mass is 287 g/mol. The van der Waals surface area contributed by atoms with Crippen LogP contribution in [0.5, 0.6) is 0 Å². The van der Waals surface area contributed by atoms with Gasteiger partial charge in [-0.3, -0.25) is 15.1 Å². The van der Waals surface area contributed by atoms with Crippen molar-refractivity contribution in [3.63, 3.8) is 0 Å². The Morgan fingerprint density at radius 2 is 2.19 bits per heavy atom. The number of rotatable bonds is 4. The normalized spacial score (nSPS) is 21.6. The van der Waals surface area contributed by atoms with Crippen molar-refractivity contribution < 1.29 is 9.66 Å². The van der Waals surface area contributed by atoms with Gasteiger partial charge in [-0.25, -0.2) is 0 Å². The number of nitro benzene ring substituents is 1. The number of aromatic nitrogens is 1. The Morgan fingerprint density at radius 3 is 2.90 bits per heavy atom. The molecule has 1 heterocycles. The van der Waals surface area contributed by atoms with Gasteiger partial charge in [0.25, 0.3) is 5.69 Å². The Balaban J connectivity index is 1.93. The van der Waals surface area contributed by atoms with Gasteiger partial charge in [0, 0.05) is 42.7 Å². The van der Waals surface area contributed by atoms with E-state index in [9.17, 15) is 10.1 Å². The van der Waals surface area contributed by atoms with Crippen LogP contribution in [0.1, 0.15) is 19.3 Å². The Morgan fingerprint density at radius 1 is 1.33 bits per heavy atom. The summed E-state index contributed by atoms with van der Waals surface area (Å²) in [5, 5.41) is 16.0. The summed E-state index contributed by atoms with van der Waals surface area (Å²) in [6.45, 7) is 0. The molecule has 0 saturated heterocycles. The second-order valence-corrected chi connectivity index (χ2v) is 5.32. The molecule has 1 N–H and O–H groups in total. The number of nitrogens with zero attached hydrogens (tertiary/aromatic N) is 2. The Labute approximate surface area is 122 Å². The van der Waals surface area contributed by atoms with Crippen molar-refractivity contribution in [1.82, 2.24) is 4.98 Å². The van der Waals surface area contributed by atoms with Gasteiger partial charge in [0.1, 0.15) is 0 Å². The predicted octanol–water partition coefficient (Wildman–Crippen LogP) is 3.12. The highest BCUT2D eigenvalue weighted by Gasteiger charge is 2.25. The molecule has 2 aromatic rings. The molecule has 0 amide bonds. The lowest BCUT2D eigenvalue weighted by Gasteiger charge is -2.16. The van der Waals surface area contributed by atoms with Crippen LogP contribution in [0.25, 0.3) is 10.8 Å². The molecule has 0 spiro atoms. The highest BCUT2D eigenvalue weighted by molar-refractivity contribution is 5.99. The smallest absolute Gasteiger partial charge is 0.278 e. The van der Waals surface area contributed by atoms with E-state index in [0.29, 0.717) is 17.5 Å². The summed E-state index contributed by atoms with van der Waals surface area (Å²) in [4.78, 5) is 14.7. The highest BCUT2D eigenvalue weighted by Crippen LogP contribution is 2.33. The summed E-state index contributed by atoms with van der Waals surface area (Å²) < 4.78 is 5.38. The van der Waals surface area contributed by atoms with Crippen molar-refractivity contribution in [2.45, 2.75) is 31.4 Å². The molecule has 0 bridgehead atoms. The highest BCUT2D eigenvalue weighted by atomic mass is 16.6. The zero-order valence-electron chi connectivity index (χ0n) is 11.8. The minimum absolute atomic E-state index is 0.0878. The number of nitrogens with one attached hydrogen (secondary N) is 1. The van der Waals surface area contributed by atoms with Gasteiger partial charge in [0.05, 0.1) is 16.4 Å². The van der Waals surface area contributed by atoms with Gasteiger partial charge in [-0.1, -0.05) is 0 Å². The average Bonchev–Trinajstić information content (AvgIpc) is 2.95. The van der Waals surface area contributed by atoms with E-state index >= 15 is 0 Å². The molecule has 0 aliphatic heterocycles. The van der Waals surface area contributed by atoms with Crippen LogP contribution in [0.4, 0.5) is 11.4 Å². The van der Waals surface area contributed by atoms with Gasteiger partial charge in [-0.05, 0) is 31.4 Å². The molecule has 1 aliphatic rings. The third kappa shape index (κ3) is 2.67. The van der Waals surface area contributed by atoms with Crippen LogP contribution < -0.4 is 5.32 Å². The zero-order valence-corrected chi connectivity index (χ0v) is 11.8. The Bertz CT molecular complexity index is 674. The van der Waals surface area contributed by atoms with Gasteiger partial charge >= 0.3 is 0 Å². The van der Waals surface area contributed by atoms with Gasteiger partial charge in [-0.15, -0.1) is 0 Å². The fourth-order valence-electron chi connectivity index (χ4n) is 2.97. The molecule has 110 valence electrons. The lowest BCUT2D eigenvalue weighted by molar-refractivity contribution is -0.383. The molecule has 2 unspecified atom stereocenters. The Hall–Kier alpha value is -2.21. The number of benzene rings is 1. The molecule has 1 aromatic carbocycles. The van der Waals surface area contributed by atoms with E-state index in [1.807, 2.05) is 6.07 Å². The zero-order chi connectivity index (χ0) is 14.8. The number of fused-ring (bicyclic) bond motifs is 1. The van der Waals surface area contributed by atoms with Crippen LogP contribution in [0, 0.1) is 10.1 Å². The minimum Gasteiger partial charge on any atom is -0.382 e. The van der Waals surface area contributed by atoms with Crippen LogP contribution >= 0.6 is 0 Å². The molecule has 21 heavy (non-hydrogen) atoms. The van der Waals surface area contributed by atoms with E-state index < -0.39 is 0 Å². The van der Waals surface area contributed by atoms with Gasteiger partial charge in [-0.2, -0.15) is 0 Å². The lowest BCUT2D eigenvalue weighted by Crippen LogP contribution is -2.17. The van der Waals surface area contributed by atoms with Gasteiger partial charge in [0.2, 0.25) is 0 Å². The quantitative estimate of drug-likeness (QED) is 0.690. The van der Waals surface area contributed by atoms with E-state index in [-0.39, 0.29) is 10.6 Å². The molecule has 0 radical (unpaired) electrons. The summed E-state index contributed by atoms with van der Waals surface area (Å²) >= 11 is 0. The molecule has 6 heteroatoms. The van der Waals surface area contributed by atoms with Crippen molar-refractivity contribution in [2.75, 3.05) is 12.4 Å². The summed E-state index contributed by atoms with van der Waals surface area (Å²) in [6.07, 6.45) is 6.55. The molecule has 2 atom stereocenters. The number of anilines is 1. The number of pyridine rings is 1. The molecule has 1 aliphatic carbocycles. The molecular formula is C15H17N3O3. The molecule has 1 aromatic heterocycles. The first-order valence-corrected chi connectivity index (χ1v) is 6.99. The van der Waals surface area contributed by atoms with E-state index in [1.54, 1.807) is 25.6 Å². The van der Waals surface area contributed by atoms with Crippen molar-refractivity contribution in [3.05, 3.63) is 40.7 Å². The number of nitro groups is 1. The number of ether oxygens (including phenoxy) is 1. The van der Waals surface area contributed by atoms with Crippen LogP contribution in [0.3, 0.4) is 0 Å². The maximum atomic E-state index is 11.1.